The van der Waals surface area contributed by atoms with E-state index in [1.807, 2.05) is 125 Å². The first-order chi connectivity index (χ1) is 20.9. The first-order valence-electron chi connectivity index (χ1n) is 15.9. The van der Waals surface area contributed by atoms with Crippen LogP contribution in [0.3, 0.4) is 0 Å². The molecule has 0 saturated heterocycles. The van der Waals surface area contributed by atoms with Crippen LogP contribution in [0.15, 0.2) is 0 Å². The summed E-state index contributed by atoms with van der Waals surface area (Å²) in [4.78, 5) is 0. The highest BCUT2D eigenvalue weighted by Gasteiger charge is 2.52. The predicted molar refractivity (Wildman–Crippen MR) is 185 cm³/mol. The topological polar surface area (TPSA) is 158 Å². The van der Waals surface area contributed by atoms with Crippen molar-refractivity contribution in [3.8, 4) is 35.3 Å². The molecule has 0 aliphatic rings. The normalized spacial score (nSPS) is 13.8. The minimum Gasteiger partial charge on any atom is -0.472 e. The molecule has 3 aromatic heterocycles. The molecule has 0 atom stereocenters. The van der Waals surface area contributed by atoms with Crippen LogP contribution in [0.4, 0.5) is 0 Å². The van der Waals surface area contributed by atoms with Gasteiger partial charge in [0.2, 0.25) is 42.4 Å². The van der Waals surface area contributed by atoms with Crippen molar-refractivity contribution in [3.63, 3.8) is 0 Å². The zero-order chi connectivity index (χ0) is 36.2. The van der Waals surface area contributed by atoms with Gasteiger partial charge in [0.25, 0.3) is 0 Å². The van der Waals surface area contributed by atoms with Gasteiger partial charge in [-0.05, 0) is 125 Å². The highest BCUT2D eigenvalue weighted by atomic mass is 31.2. The van der Waals surface area contributed by atoms with Crippen LogP contribution in [0.2, 0.25) is 0 Å². The lowest BCUT2D eigenvalue weighted by Crippen LogP contribution is -2.37. The molecule has 0 saturated carbocycles. The molecule has 3 rings (SSSR count). The molecule has 3 N–H and O–H groups in total. The molecule has 0 unspecified atom stereocenters. The van der Waals surface area contributed by atoms with E-state index in [4.69, 9.17) is 28.4 Å². The van der Waals surface area contributed by atoms with E-state index >= 15 is 4.57 Å². The quantitative estimate of drug-likeness (QED) is 0.211. The molecule has 266 valence electrons. The number of rotatable bonds is 9. The van der Waals surface area contributed by atoms with Gasteiger partial charge in [-0.1, -0.05) is 0 Å². The van der Waals surface area contributed by atoms with E-state index in [1.165, 1.54) is 0 Å². The molecule has 0 bridgehead atoms. The van der Waals surface area contributed by atoms with Crippen LogP contribution in [0, 0.1) is 0 Å². The number of hydrogen-bond acceptors (Lipinski definition) is 10. The summed E-state index contributed by atoms with van der Waals surface area (Å²) in [6, 6.07) is 0. The minimum atomic E-state index is -4.41. The van der Waals surface area contributed by atoms with Gasteiger partial charge < -0.3 is 33.0 Å². The number of nitrogens with one attached hydrogen (secondary N) is 3. The first kappa shape index (κ1) is 38.1. The van der Waals surface area contributed by atoms with Crippen molar-refractivity contribution in [1.82, 2.24) is 30.6 Å². The van der Waals surface area contributed by atoms with Gasteiger partial charge >= 0.3 is 0 Å². The number of aromatic nitrogens is 6. The van der Waals surface area contributed by atoms with Gasteiger partial charge in [0.05, 0.1) is 0 Å². The standard InChI is InChI=1S/C33H57N6O7P/c1-28(2,3)41-22-19(23(35-34-22)42-29(4,5)6)47(40,20-24(43-30(7,8)9)36-37-25(20)44-31(10,11)12)21-26(45-32(13,14)15)38-39-27(21)46-33(16,17)18/h1-18H3,(H,34,35)(H,36,37)(H,38,39). The monoisotopic (exact) mass is 680 g/mol. The van der Waals surface area contributed by atoms with E-state index in [2.05, 4.69) is 30.6 Å². The van der Waals surface area contributed by atoms with Crippen LogP contribution < -0.4 is 44.3 Å². The third-order valence-electron chi connectivity index (χ3n) is 5.41. The lowest BCUT2D eigenvalue weighted by Gasteiger charge is -2.30. The van der Waals surface area contributed by atoms with Gasteiger partial charge in [-0.15, -0.1) is 15.3 Å². The second-order valence-corrected chi connectivity index (χ2v) is 20.1. The Bertz CT molecular complexity index is 1290. The van der Waals surface area contributed by atoms with E-state index in [9.17, 15) is 0 Å². The lowest BCUT2D eigenvalue weighted by atomic mass is 10.2. The van der Waals surface area contributed by atoms with Crippen LogP contribution in [-0.2, 0) is 4.57 Å². The predicted octanol–water partition coefficient (Wildman–Crippen LogP) is 6.56. The van der Waals surface area contributed by atoms with Crippen molar-refractivity contribution < 1.29 is 33.0 Å². The number of H-pyrrole nitrogens is 3. The highest BCUT2D eigenvalue weighted by Crippen LogP contribution is 2.56. The summed E-state index contributed by atoms with van der Waals surface area (Å²) in [5.74, 6) is 0.510. The minimum absolute atomic E-state index is 0.0503. The third kappa shape index (κ3) is 10.1. The maximum Gasteiger partial charge on any atom is 0.248 e. The number of nitrogens with zero attached hydrogens (tertiary/aromatic N) is 3. The second-order valence-electron chi connectivity index (χ2n) is 17.5. The van der Waals surface area contributed by atoms with Crippen molar-refractivity contribution in [1.29, 1.82) is 0 Å². The molecule has 0 radical (unpaired) electrons. The molecule has 14 heteroatoms. The SMILES string of the molecule is CC(C)(C)Oc1n[nH]c(OC(C)(C)C)c1P(=O)(c1c(OC(C)(C)C)n[nH]c1OC(C)(C)C)c1c(OC(C)(C)C)n[nH]c1OC(C)(C)C. The van der Waals surface area contributed by atoms with E-state index in [0.717, 1.165) is 0 Å². The fraction of sp³-hybridized carbons (Fsp3) is 0.727. The van der Waals surface area contributed by atoms with Crippen molar-refractivity contribution >= 4 is 23.1 Å². The number of ether oxygens (including phenoxy) is 6. The van der Waals surface area contributed by atoms with E-state index in [1.54, 1.807) is 0 Å². The van der Waals surface area contributed by atoms with E-state index < -0.39 is 40.7 Å². The molecule has 47 heavy (non-hydrogen) atoms. The molecule has 0 aliphatic carbocycles. The average Bonchev–Trinajstić information content (AvgIpc) is 3.45. The molecule has 13 nitrogen and oxygen atoms in total. The van der Waals surface area contributed by atoms with Crippen LogP contribution in [0.25, 0.3) is 0 Å². The van der Waals surface area contributed by atoms with Crippen LogP contribution in [-0.4, -0.2) is 64.2 Å². The molecule has 0 fully saturated rings. The fourth-order valence-corrected chi connectivity index (χ4v) is 7.21. The molecule has 0 amide bonds. The largest absolute Gasteiger partial charge is 0.472 e. The van der Waals surface area contributed by atoms with E-state index in [-0.39, 0.29) is 51.2 Å². The zero-order valence-corrected chi connectivity index (χ0v) is 32.5. The Morgan fingerprint density at radius 3 is 0.745 bits per heavy atom. The highest BCUT2D eigenvalue weighted by molar-refractivity contribution is 7.86. The number of hydrogen-bond donors (Lipinski definition) is 3. The van der Waals surface area contributed by atoms with Crippen LogP contribution in [0.1, 0.15) is 125 Å². The summed E-state index contributed by atoms with van der Waals surface area (Å²) in [5.41, 5.74) is -4.43. The molecule has 3 aromatic rings. The van der Waals surface area contributed by atoms with Gasteiger partial charge in [0.15, 0.2) is 0 Å². The molecule has 0 spiro atoms. The fourth-order valence-electron chi connectivity index (χ4n) is 4.30. The maximum absolute atomic E-state index is 17.0. The van der Waals surface area contributed by atoms with Crippen molar-refractivity contribution in [2.45, 2.75) is 158 Å². The second kappa shape index (κ2) is 12.3. The van der Waals surface area contributed by atoms with Crippen molar-refractivity contribution in [2.75, 3.05) is 0 Å². The summed E-state index contributed by atoms with van der Waals surface area (Å²) >= 11 is 0. The summed E-state index contributed by atoms with van der Waals surface area (Å²) < 4.78 is 55.5. The van der Waals surface area contributed by atoms with Crippen LogP contribution >= 0.6 is 7.14 Å². The molecule has 3 heterocycles. The third-order valence-corrected chi connectivity index (χ3v) is 8.48. The van der Waals surface area contributed by atoms with Crippen molar-refractivity contribution in [2.24, 2.45) is 0 Å². The Morgan fingerprint density at radius 1 is 0.383 bits per heavy atom. The maximum atomic E-state index is 17.0. The lowest BCUT2D eigenvalue weighted by molar-refractivity contribution is 0.124. The Morgan fingerprint density at radius 2 is 0.574 bits per heavy atom. The molecular weight excluding hydrogens is 623 g/mol. The summed E-state index contributed by atoms with van der Waals surface area (Å²) in [6.07, 6.45) is 0. The summed E-state index contributed by atoms with van der Waals surface area (Å²) in [7, 11) is -4.41. The smallest absolute Gasteiger partial charge is 0.248 e. The van der Waals surface area contributed by atoms with E-state index in [0.29, 0.717) is 0 Å². The van der Waals surface area contributed by atoms with Gasteiger partial charge in [0, 0.05) is 0 Å². The van der Waals surface area contributed by atoms with Gasteiger partial charge in [-0.3, -0.25) is 0 Å². The van der Waals surface area contributed by atoms with Gasteiger partial charge in [-0.25, -0.2) is 15.3 Å². The summed E-state index contributed by atoms with van der Waals surface area (Å²) in [5, 5.41) is 22.8. The van der Waals surface area contributed by atoms with Gasteiger partial charge in [0.1, 0.15) is 49.5 Å². The molecule has 0 aromatic carbocycles. The molecular formula is C33H57N6O7P. The van der Waals surface area contributed by atoms with Crippen molar-refractivity contribution in [3.05, 3.63) is 0 Å². The summed E-state index contributed by atoms with van der Waals surface area (Å²) in [6.45, 7) is 33.8. The Hall–Kier alpha value is -3.34. The Balaban J connectivity index is 2.70. The zero-order valence-electron chi connectivity index (χ0n) is 31.6. The molecule has 0 aliphatic heterocycles. The number of aromatic amines is 3. The van der Waals surface area contributed by atoms with Gasteiger partial charge in [-0.2, -0.15) is 0 Å². The van der Waals surface area contributed by atoms with Crippen LogP contribution in [0.5, 0.6) is 35.3 Å². The first-order valence-corrected chi connectivity index (χ1v) is 17.6. The average molecular weight is 681 g/mol. The Kier molecular flexibility index (Phi) is 9.95. The Labute approximate surface area is 279 Å².